The summed E-state index contributed by atoms with van der Waals surface area (Å²) in [5, 5.41) is 6.19. The second-order valence-corrected chi connectivity index (χ2v) is 7.17. The van der Waals surface area contributed by atoms with Crippen LogP contribution >= 0.6 is 0 Å². The number of hydrogen-bond donors (Lipinski definition) is 2. The molecule has 118 valence electrons. The second-order valence-electron chi connectivity index (χ2n) is 7.17. The minimum Gasteiger partial charge on any atom is -0.355 e. The molecule has 0 aliphatic heterocycles. The first-order chi connectivity index (χ1) is 9.70. The van der Waals surface area contributed by atoms with Gasteiger partial charge in [-0.1, -0.05) is 58.9 Å². The Hall–Kier alpha value is -1.35. The molecule has 3 nitrogen and oxygen atoms in total. The molecule has 0 heterocycles. The van der Waals surface area contributed by atoms with Crippen LogP contribution in [0.1, 0.15) is 58.7 Å². The average molecular weight is 290 g/mol. The molecule has 0 saturated carbocycles. The highest BCUT2D eigenvalue weighted by Crippen LogP contribution is 2.23. The summed E-state index contributed by atoms with van der Waals surface area (Å²) in [6.45, 7) is 14.0. The third-order valence-corrected chi connectivity index (χ3v) is 3.55. The van der Waals surface area contributed by atoms with E-state index in [-0.39, 0.29) is 17.4 Å². The molecule has 1 amide bonds. The van der Waals surface area contributed by atoms with Crippen molar-refractivity contribution in [3.8, 4) is 0 Å². The first-order valence-corrected chi connectivity index (χ1v) is 7.80. The molecule has 0 spiro atoms. The van der Waals surface area contributed by atoms with E-state index in [9.17, 15) is 4.79 Å². The van der Waals surface area contributed by atoms with Gasteiger partial charge in [0.1, 0.15) is 0 Å². The summed E-state index contributed by atoms with van der Waals surface area (Å²) < 4.78 is 0. The summed E-state index contributed by atoms with van der Waals surface area (Å²) in [4.78, 5) is 11.7. The molecule has 1 atom stereocenters. The van der Waals surface area contributed by atoms with Crippen LogP contribution in [0.4, 0.5) is 0 Å². The summed E-state index contributed by atoms with van der Waals surface area (Å²) in [7, 11) is 0. The first-order valence-electron chi connectivity index (χ1n) is 7.80. The van der Waals surface area contributed by atoms with E-state index in [2.05, 4.69) is 76.4 Å². The summed E-state index contributed by atoms with van der Waals surface area (Å²) in [5.41, 5.74) is 2.71. The van der Waals surface area contributed by atoms with Crippen molar-refractivity contribution < 1.29 is 4.79 Å². The molecule has 0 saturated heterocycles. The van der Waals surface area contributed by atoms with Crippen LogP contribution in [0.2, 0.25) is 0 Å². The Morgan fingerprint density at radius 3 is 2.14 bits per heavy atom. The minimum atomic E-state index is 0.0573. The van der Waals surface area contributed by atoms with Crippen LogP contribution in [0.25, 0.3) is 0 Å². The Morgan fingerprint density at radius 1 is 1.10 bits per heavy atom. The molecular weight excluding hydrogens is 260 g/mol. The molecular formula is C18H30N2O. The van der Waals surface area contributed by atoms with Crippen molar-refractivity contribution >= 4 is 5.91 Å². The van der Waals surface area contributed by atoms with E-state index in [0.717, 1.165) is 6.54 Å². The zero-order valence-electron chi connectivity index (χ0n) is 14.3. The van der Waals surface area contributed by atoms with Gasteiger partial charge in [0.2, 0.25) is 5.91 Å². The van der Waals surface area contributed by atoms with Crippen molar-refractivity contribution in [3.63, 3.8) is 0 Å². The van der Waals surface area contributed by atoms with E-state index in [0.29, 0.717) is 12.5 Å². The minimum absolute atomic E-state index is 0.0573. The Kier molecular flexibility index (Phi) is 6.41. The summed E-state index contributed by atoms with van der Waals surface area (Å²) in [6, 6.07) is 8.80. The zero-order valence-corrected chi connectivity index (χ0v) is 14.3. The van der Waals surface area contributed by atoms with E-state index in [1.165, 1.54) is 11.1 Å². The third kappa shape index (κ3) is 6.30. The molecule has 1 aromatic rings. The van der Waals surface area contributed by atoms with Crippen LogP contribution in [0.5, 0.6) is 0 Å². The van der Waals surface area contributed by atoms with Gasteiger partial charge in [-0.2, -0.15) is 0 Å². The monoisotopic (exact) mass is 290 g/mol. The lowest BCUT2D eigenvalue weighted by molar-refractivity contribution is -0.120. The quantitative estimate of drug-likeness (QED) is 0.843. The van der Waals surface area contributed by atoms with Gasteiger partial charge in [-0.05, 0) is 29.4 Å². The van der Waals surface area contributed by atoms with Gasteiger partial charge in [-0.15, -0.1) is 0 Å². The Morgan fingerprint density at radius 2 is 1.67 bits per heavy atom. The fraction of sp³-hybridized carbons (Fsp3) is 0.611. The molecule has 3 heteroatoms. The standard InChI is InChI=1S/C18H30N2O/c1-13(2)11-20-17(21)12-19-14(3)15-7-9-16(10-8-15)18(4,5)6/h7-10,13-14,19H,11-12H2,1-6H3,(H,20,21). The fourth-order valence-corrected chi connectivity index (χ4v) is 2.02. The van der Waals surface area contributed by atoms with Crippen molar-refractivity contribution in [2.24, 2.45) is 5.92 Å². The Balaban J connectivity index is 2.49. The molecule has 1 aromatic carbocycles. The van der Waals surface area contributed by atoms with Gasteiger partial charge in [-0.3, -0.25) is 4.79 Å². The van der Waals surface area contributed by atoms with Crippen LogP contribution in [-0.4, -0.2) is 19.0 Å². The topological polar surface area (TPSA) is 41.1 Å². The van der Waals surface area contributed by atoms with Crippen molar-refractivity contribution in [1.82, 2.24) is 10.6 Å². The number of amides is 1. The van der Waals surface area contributed by atoms with Crippen LogP contribution in [-0.2, 0) is 10.2 Å². The summed E-state index contributed by atoms with van der Waals surface area (Å²) in [5.74, 6) is 0.540. The predicted octanol–water partition coefficient (Wildman–Crippen LogP) is 3.41. The molecule has 2 N–H and O–H groups in total. The first kappa shape index (κ1) is 17.7. The number of carbonyl (C=O) groups excluding carboxylic acids is 1. The van der Waals surface area contributed by atoms with E-state index in [1.807, 2.05) is 0 Å². The zero-order chi connectivity index (χ0) is 16.0. The maximum atomic E-state index is 11.7. The number of hydrogen-bond acceptors (Lipinski definition) is 2. The highest BCUT2D eigenvalue weighted by molar-refractivity contribution is 5.78. The van der Waals surface area contributed by atoms with Gasteiger partial charge >= 0.3 is 0 Å². The highest BCUT2D eigenvalue weighted by atomic mass is 16.1. The summed E-state index contributed by atoms with van der Waals surface area (Å²) in [6.07, 6.45) is 0. The molecule has 0 aliphatic rings. The van der Waals surface area contributed by atoms with E-state index in [4.69, 9.17) is 0 Å². The van der Waals surface area contributed by atoms with E-state index < -0.39 is 0 Å². The normalized spacial score (nSPS) is 13.3. The average Bonchev–Trinajstić information content (AvgIpc) is 2.41. The molecule has 0 aromatic heterocycles. The summed E-state index contributed by atoms with van der Waals surface area (Å²) >= 11 is 0. The molecule has 0 bridgehead atoms. The van der Waals surface area contributed by atoms with E-state index in [1.54, 1.807) is 0 Å². The SMILES string of the molecule is CC(C)CNC(=O)CNC(C)c1ccc(C(C)(C)C)cc1. The maximum Gasteiger partial charge on any atom is 0.233 e. The maximum absolute atomic E-state index is 11.7. The largest absolute Gasteiger partial charge is 0.355 e. The number of nitrogens with one attached hydrogen (secondary N) is 2. The Labute approximate surface area is 129 Å². The van der Waals surface area contributed by atoms with Gasteiger partial charge in [-0.25, -0.2) is 0 Å². The van der Waals surface area contributed by atoms with Crippen molar-refractivity contribution in [1.29, 1.82) is 0 Å². The van der Waals surface area contributed by atoms with Gasteiger partial charge in [0.05, 0.1) is 6.54 Å². The Bertz CT molecular complexity index is 443. The smallest absolute Gasteiger partial charge is 0.233 e. The molecule has 1 rings (SSSR count). The molecule has 0 fully saturated rings. The lowest BCUT2D eigenvalue weighted by Crippen LogP contribution is -2.36. The number of rotatable bonds is 6. The molecule has 21 heavy (non-hydrogen) atoms. The van der Waals surface area contributed by atoms with Crippen molar-refractivity contribution in [2.75, 3.05) is 13.1 Å². The van der Waals surface area contributed by atoms with Crippen molar-refractivity contribution in [3.05, 3.63) is 35.4 Å². The molecule has 0 aliphatic carbocycles. The van der Waals surface area contributed by atoms with Crippen LogP contribution in [0.15, 0.2) is 24.3 Å². The second kappa shape index (κ2) is 7.60. The number of benzene rings is 1. The van der Waals surface area contributed by atoms with Gasteiger partial charge in [0, 0.05) is 12.6 Å². The van der Waals surface area contributed by atoms with Crippen LogP contribution < -0.4 is 10.6 Å². The van der Waals surface area contributed by atoms with Crippen molar-refractivity contribution in [2.45, 2.75) is 53.0 Å². The van der Waals surface area contributed by atoms with Crippen LogP contribution in [0.3, 0.4) is 0 Å². The molecule has 1 unspecified atom stereocenters. The highest BCUT2D eigenvalue weighted by Gasteiger charge is 2.14. The van der Waals surface area contributed by atoms with Gasteiger partial charge in [0.25, 0.3) is 0 Å². The third-order valence-electron chi connectivity index (χ3n) is 3.55. The fourth-order valence-electron chi connectivity index (χ4n) is 2.02. The lowest BCUT2D eigenvalue weighted by Gasteiger charge is -2.20. The molecule has 0 radical (unpaired) electrons. The van der Waals surface area contributed by atoms with E-state index >= 15 is 0 Å². The predicted molar refractivity (Wildman–Crippen MR) is 89.4 cm³/mol. The van der Waals surface area contributed by atoms with Gasteiger partial charge in [0.15, 0.2) is 0 Å². The van der Waals surface area contributed by atoms with Crippen LogP contribution in [0, 0.1) is 5.92 Å². The number of carbonyl (C=O) groups is 1. The van der Waals surface area contributed by atoms with Gasteiger partial charge < -0.3 is 10.6 Å². The lowest BCUT2D eigenvalue weighted by atomic mass is 9.86.